The molecule has 1 aliphatic heterocycles. The fourth-order valence-corrected chi connectivity index (χ4v) is 4.59. The Morgan fingerprint density at radius 1 is 1.13 bits per heavy atom. The lowest BCUT2D eigenvalue weighted by atomic mass is 9.95. The minimum atomic E-state index is -0.735. The second kappa shape index (κ2) is 8.96. The standard InChI is InChI=1S/C24H20ClNO4S/c1-2-30-16-10-11-19(25)18(13-16)22(27)20-21(15-7-4-3-5-8-15)26(24(29)23(20)28)14-17-9-6-12-31-17/h3-13,21,27H,2,14H2,1H3/b22-20+. The molecule has 0 bridgehead atoms. The maximum atomic E-state index is 13.1. The fourth-order valence-electron chi connectivity index (χ4n) is 3.68. The molecule has 0 radical (unpaired) electrons. The Morgan fingerprint density at radius 2 is 1.90 bits per heavy atom. The topological polar surface area (TPSA) is 66.8 Å². The number of carbonyl (C=O) groups excluding carboxylic acids is 2. The highest BCUT2D eigenvalue weighted by atomic mass is 35.5. The van der Waals surface area contributed by atoms with Crippen molar-refractivity contribution in [2.45, 2.75) is 19.5 Å². The third-order valence-electron chi connectivity index (χ3n) is 5.07. The number of nitrogens with zero attached hydrogens (tertiary/aromatic N) is 1. The van der Waals surface area contributed by atoms with Crippen LogP contribution in [0, 0.1) is 0 Å². The smallest absolute Gasteiger partial charge is 0.295 e. The van der Waals surface area contributed by atoms with Crippen molar-refractivity contribution in [2.75, 3.05) is 6.61 Å². The van der Waals surface area contributed by atoms with Gasteiger partial charge in [0, 0.05) is 10.4 Å². The molecular formula is C24H20ClNO4S. The first-order chi connectivity index (χ1) is 15.0. The molecule has 0 spiro atoms. The molecule has 7 heteroatoms. The molecule has 31 heavy (non-hydrogen) atoms. The number of amides is 1. The van der Waals surface area contributed by atoms with Crippen molar-refractivity contribution >= 4 is 40.4 Å². The van der Waals surface area contributed by atoms with Crippen molar-refractivity contribution in [1.82, 2.24) is 4.90 Å². The highest BCUT2D eigenvalue weighted by Gasteiger charge is 2.46. The van der Waals surface area contributed by atoms with Crippen molar-refractivity contribution in [2.24, 2.45) is 0 Å². The summed E-state index contributed by atoms with van der Waals surface area (Å²) in [6.07, 6.45) is 0. The minimum absolute atomic E-state index is 0.0169. The zero-order valence-corrected chi connectivity index (χ0v) is 18.3. The maximum Gasteiger partial charge on any atom is 0.295 e. The highest BCUT2D eigenvalue weighted by Crippen LogP contribution is 2.42. The van der Waals surface area contributed by atoms with Gasteiger partial charge >= 0.3 is 0 Å². The van der Waals surface area contributed by atoms with Gasteiger partial charge in [0.25, 0.3) is 11.7 Å². The van der Waals surface area contributed by atoms with Crippen LogP contribution in [0.1, 0.15) is 29.0 Å². The Bertz CT molecular complexity index is 1140. The average molecular weight is 454 g/mol. The first kappa shape index (κ1) is 21.2. The third-order valence-corrected chi connectivity index (χ3v) is 6.26. The van der Waals surface area contributed by atoms with Gasteiger partial charge < -0.3 is 14.7 Å². The molecule has 5 nitrogen and oxygen atoms in total. The van der Waals surface area contributed by atoms with E-state index in [2.05, 4.69) is 0 Å². The van der Waals surface area contributed by atoms with E-state index in [9.17, 15) is 14.7 Å². The Morgan fingerprint density at radius 3 is 2.58 bits per heavy atom. The van der Waals surface area contributed by atoms with E-state index in [0.717, 1.165) is 10.4 Å². The highest BCUT2D eigenvalue weighted by molar-refractivity contribution is 7.09. The normalized spacial score (nSPS) is 17.9. The number of rotatable bonds is 6. The Hall–Kier alpha value is -3.09. The predicted octanol–water partition coefficient (Wildman–Crippen LogP) is 5.42. The number of hydrogen-bond acceptors (Lipinski definition) is 5. The van der Waals surface area contributed by atoms with E-state index in [1.165, 1.54) is 16.2 Å². The number of thiophene rings is 1. The number of hydrogen-bond donors (Lipinski definition) is 1. The van der Waals surface area contributed by atoms with Crippen molar-refractivity contribution in [1.29, 1.82) is 0 Å². The Balaban J connectivity index is 1.87. The minimum Gasteiger partial charge on any atom is -0.507 e. The van der Waals surface area contributed by atoms with Crippen LogP contribution < -0.4 is 4.74 Å². The molecule has 0 saturated carbocycles. The van der Waals surface area contributed by atoms with E-state index < -0.39 is 17.7 Å². The summed E-state index contributed by atoms with van der Waals surface area (Å²) in [7, 11) is 0. The Labute approximate surface area is 189 Å². The van der Waals surface area contributed by atoms with Crippen LogP contribution in [0.5, 0.6) is 5.75 Å². The number of ether oxygens (including phenoxy) is 1. The number of Topliss-reactive ketones (excluding diaryl/α,β-unsaturated/α-hetero) is 1. The summed E-state index contributed by atoms with van der Waals surface area (Å²) in [5, 5.41) is 13.4. The molecule has 1 aliphatic rings. The van der Waals surface area contributed by atoms with Crippen molar-refractivity contribution in [3.05, 3.63) is 92.6 Å². The third kappa shape index (κ3) is 4.09. The largest absolute Gasteiger partial charge is 0.507 e. The molecular weight excluding hydrogens is 434 g/mol. The summed E-state index contributed by atoms with van der Waals surface area (Å²) in [5.41, 5.74) is 1.00. The summed E-state index contributed by atoms with van der Waals surface area (Å²) in [5.74, 6) is -1.19. The van der Waals surface area contributed by atoms with Crippen LogP contribution in [0.25, 0.3) is 5.76 Å². The van der Waals surface area contributed by atoms with Crippen molar-refractivity contribution < 1.29 is 19.4 Å². The molecule has 2 aromatic carbocycles. The van der Waals surface area contributed by atoms with Crippen LogP contribution in [0.3, 0.4) is 0 Å². The van der Waals surface area contributed by atoms with Gasteiger partial charge in [-0.25, -0.2) is 0 Å². The first-order valence-corrected chi connectivity index (χ1v) is 11.1. The van der Waals surface area contributed by atoms with Gasteiger partial charge in [-0.05, 0) is 42.1 Å². The molecule has 1 N–H and O–H groups in total. The van der Waals surface area contributed by atoms with Crippen LogP contribution in [-0.4, -0.2) is 28.3 Å². The molecule has 2 heterocycles. The molecule has 1 atom stereocenters. The maximum absolute atomic E-state index is 13.1. The quantitative estimate of drug-likeness (QED) is 0.307. The SMILES string of the molecule is CCOc1ccc(Cl)c(/C(O)=C2\C(=O)C(=O)N(Cc3cccs3)C2c2ccccc2)c1. The first-order valence-electron chi connectivity index (χ1n) is 9.79. The number of ketones is 1. The van der Waals surface area contributed by atoms with E-state index in [-0.39, 0.29) is 28.5 Å². The second-order valence-electron chi connectivity index (χ2n) is 6.99. The molecule has 1 saturated heterocycles. The number of aliphatic hydroxyl groups excluding tert-OH is 1. The summed E-state index contributed by atoms with van der Waals surface area (Å²) < 4.78 is 5.51. The fraction of sp³-hybridized carbons (Fsp3) is 0.167. The van der Waals surface area contributed by atoms with Gasteiger partial charge in [-0.1, -0.05) is 48.0 Å². The van der Waals surface area contributed by atoms with Crippen molar-refractivity contribution in [3.63, 3.8) is 0 Å². The van der Waals surface area contributed by atoms with E-state index in [1.54, 1.807) is 18.2 Å². The Kier molecular flexibility index (Phi) is 6.11. The summed E-state index contributed by atoms with van der Waals surface area (Å²) in [4.78, 5) is 28.5. The van der Waals surface area contributed by atoms with E-state index >= 15 is 0 Å². The zero-order chi connectivity index (χ0) is 22.0. The van der Waals surface area contributed by atoms with Crippen LogP contribution in [0.2, 0.25) is 5.02 Å². The van der Waals surface area contributed by atoms with Crippen LogP contribution in [0.15, 0.2) is 71.6 Å². The van der Waals surface area contributed by atoms with Crippen LogP contribution in [0.4, 0.5) is 0 Å². The van der Waals surface area contributed by atoms with Gasteiger partial charge in [-0.3, -0.25) is 9.59 Å². The van der Waals surface area contributed by atoms with Gasteiger partial charge in [0.1, 0.15) is 11.5 Å². The predicted molar refractivity (Wildman–Crippen MR) is 121 cm³/mol. The monoisotopic (exact) mass is 453 g/mol. The lowest BCUT2D eigenvalue weighted by Crippen LogP contribution is -2.28. The summed E-state index contributed by atoms with van der Waals surface area (Å²) >= 11 is 7.85. The number of benzene rings is 2. The molecule has 158 valence electrons. The second-order valence-corrected chi connectivity index (χ2v) is 8.43. The van der Waals surface area contributed by atoms with Gasteiger partial charge in [0.15, 0.2) is 0 Å². The molecule has 1 unspecified atom stereocenters. The van der Waals surface area contributed by atoms with Gasteiger partial charge in [0.2, 0.25) is 0 Å². The lowest BCUT2D eigenvalue weighted by molar-refractivity contribution is -0.140. The number of carbonyl (C=O) groups is 2. The molecule has 1 amide bonds. The molecule has 3 aromatic rings. The summed E-state index contributed by atoms with van der Waals surface area (Å²) in [6.45, 7) is 2.56. The molecule has 0 aliphatic carbocycles. The number of halogens is 1. The number of aliphatic hydroxyl groups is 1. The van der Waals surface area contributed by atoms with E-state index in [1.807, 2.05) is 54.8 Å². The lowest BCUT2D eigenvalue weighted by Gasteiger charge is -2.25. The van der Waals surface area contributed by atoms with Crippen molar-refractivity contribution in [3.8, 4) is 5.75 Å². The molecule has 1 aromatic heterocycles. The van der Waals surface area contributed by atoms with Gasteiger partial charge in [-0.2, -0.15) is 0 Å². The van der Waals surface area contributed by atoms with Gasteiger partial charge in [0.05, 0.1) is 29.8 Å². The number of likely N-dealkylation sites (tertiary alicyclic amines) is 1. The molecule has 1 fully saturated rings. The average Bonchev–Trinajstić information content (AvgIpc) is 3.38. The molecule has 4 rings (SSSR count). The van der Waals surface area contributed by atoms with Crippen LogP contribution >= 0.6 is 22.9 Å². The summed E-state index contributed by atoms with van der Waals surface area (Å²) in [6, 6.07) is 17.2. The van der Waals surface area contributed by atoms with E-state index in [4.69, 9.17) is 16.3 Å². The van der Waals surface area contributed by atoms with Crippen LogP contribution in [-0.2, 0) is 16.1 Å². The zero-order valence-electron chi connectivity index (χ0n) is 16.7. The van der Waals surface area contributed by atoms with E-state index in [0.29, 0.717) is 12.4 Å². The van der Waals surface area contributed by atoms with Gasteiger partial charge in [-0.15, -0.1) is 11.3 Å².